The van der Waals surface area contributed by atoms with Crippen LogP contribution in [0.25, 0.3) is 0 Å². The Kier molecular flexibility index (Phi) is 5.35. The Morgan fingerprint density at radius 1 is 1.35 bits per heavy atom. The molecule has 0 aliphatic rings. The molecule has 2 rings (SSSR count). The van der Waals surface area contributed by atoms with Crippen molar-refractivity contribution in [3.8, 4) is 5.88 Å². The Hall–Kier alpha value is -1.62. The summed E-state index contributed by atoms with van der Waals surface area (Å²) in [6.45, 7) is 4.80. The smallest absolute Gasteiger partial charge is 0.226 e. The molecule has 0 saturated heterocycles. The van der Waals surface area contributed by atoms with Crippen molar-refractivity contribution < 1.29 is 4.74 Å². The highest BCUT2D eigenvalue weighted by Gasteiger charge is 2.08. The van der Waals surface area contributed by atoms with Crippen molar-refractivity contribution >= 4 is 21.9 Å². The Labute approximate surface area is 127 Å². The molecule has 4 nitrogen and oxygen atoms in total. The van der Waals surface area contributed by atoms with Crippen LogP contribution < -0.4 is 10.1 Å². The van der Waals surface area contributed by atoms with E-state index in [2.05, 4.69) is 57.2 Å². The highest BCUT2D eigenvalue weighted by Crippen LogP contribution is 2.21. The van der Waals surface area contributed by atoms with E-state index in [1.807, 2.05) is 12.1 Å². The summed E-state index contributed by atoms with van der Waals surface area (Å²) in [6.07, 6.45) is 2.66. The van der Waals surface area contributed by atoms with E-state index in [9.17, 15) is 0 Å². The second-order valence-electron chi connectivity index (χ2n) is 4.49. The van der Waals surface area contributed by atoms with Crippen LogP contribution >= 0.6 is 15.9 Å². The number of nitrogens with zero attached hydrogens (tertiary/aromatic N) is 2. The summed E-state index contributed by atoms with van der Waals surface area (Å²) >= 11 is 3.48. The second-order valence-corrected chi connectivity index (χ2v) is 5.40. The molecule has 1 aromatic carbocycles. The molecular formula is C15H18BrN3O. The van der Waals surface area contributed by atoms with Gasteiger partial charge in [0.15, 0.2) is 0 Å². The molecule has 0 amide bonds. The number of nitrogens with one attached hydrogen (secondary N) is 1. The van der Waals surface area contributed by atoms with Crippen molar-refractivity contribution in [2.45, 2.75) is 26.3 Å². The lowest BCUT2D eigenvalue weighted by Gasteiger charge is -2.15. The predicted octanol–water partition coefficient (Wildman–Crippen LogP) is 4.20. The second kappa shape index (κ2) is 7.24. The first-order chi connectivity index (χ1) is 9.69. The molecule has 0 radical (unpaired) electrons. The lowest BCUT2D eigenvalue weighted by Crippen LogP contribution is -2.10. The molecule has 1 unspecified atom stereocenters. The van der Waals surface area contributed by atoms with Gasteiger partial charge in [0.05, 0.1) is 12.6 Å². The molecular weight excluding hydrogens is 318 g/mol. The molecule has 0 fully saturated rings. The number of halogens is 1. The molecule has 0 spiro atoms. The molecule has 106 valence electrons. The van der Waals surface area contributed by atoms with Crippen LogP contribution in [-0.4, -0.2) is 16.6 Å². The molecule has 0 saturated carbocycles. The van der Waals surface area contributed by atoms with E-state index in [0.29, 0.717) is 18.4 Å². The van der Waals surface area contributed by atoms with E-state index >= 15 is 0 Å². The average Bonchev–Trinajstić information content (AvgIpc) is 2.45. The van der Waals surface area contributed by atoms with Crippen LogP contribution in [0, 0.1) is 0 Å². The molecule has 1 aromatic heterocycles. The SMILES string of the molecule is CCCOc1ccnc(NC(C)c2cccc(Br)c2)n1. The van der Waals surface area contributed by atoms with Crippen molar-refractivity contribution in [2.24, 2.45) is 0 Å². The van der Waals surface area contributed by atoms with Gasteiger partial charge in [0.25, 0.3) is 0 Å². The van der Waals surface area contributed by atoms with Crippen molar-refractivity contribution in [2.75, 3.05) is 11.9 Å². The van der Waals surface area contributed by atoms with E-state index in [0.717, 1.165) is 10.9 Å². The maximum absolute atomic E-state index is 5.50. The van der Waals surface area contributed by atoms with Gasteiger partial charge in [0.1, 0.15) is 0 Å². The third-order valence-electron chi connectivity index (χ3n) is 2.78. The van der Waals surface area contributed by atoms with E-state index in [1.165, 1.54) is 5.56 Å². The summed E-state index contributed by atoms with van der Waals surface area (Å²) in [6, 6.07) is 10.1. The van der Waals surface area contributed by atoms with E-state index in [-0.39, 0.29) is 6.04 Å². The standard InChI is InChI=1S/C15H18BrN3O/c1-3-9-20-14-7-8-17-15(19-14)18-11(2)12-5-4-6-13(16)10-12/h4-8,10-11H,3,9H2,1-2H3,(H,17,18,19). The Balaban J connectivity index is 2.05. The third-order valence-corrected chi connectivity index (χ3v) is 3.27. The summed E-state index contributed by atoms with van der Waals surface area (Å²) in [5.74, 6) is 1.18. The van der Waals surface area contributed by atoms with Gasteiger partial charge in [-0.25, -0.2) is 4.98 Å². The monoisotopic (exact) mass is 335 g/mol. The summed E-state index contributed by atoms with van der Waals surface area (Å²) in [5.41, 5.74) is 1.17. The number of hydrogen-bond donors (Lipinski definition) is 1. The Morgan fingerprint density at radius 2 is 2.20 bits per heavy atom. The van der Waals surface area contributed by atoms with Gasteiger partial charge in [0, 0.05) is 16.7 Å². The fourth-order valence-corrected chi connectivity index (χ4v) is 2.17. The van der Waals surface area contributed by atoms with Gasteiger partial charge in [-0.1, -0.05) is 35.0 Å². The lowest BCUT2D eigenvalue weighted by atomic mass is 10.1. The molecule has 1 heterocycles. The summed E-state index contributed by atoms with van der Waals surface area (Å²) < 4.78 is 6.56. The Morgan fingerprint density at radius 3 is 2.95 bits per heavy atom. The third kappa shape index (κ3) is 4.20. The van der Waals surface area contributed by atoms with Gasteiger partial charge >= 0.3 is 0 Å². The minimum absolute atomic E-state index is 0.119. The number of aromatic nitrogens is 2. The van der Waals surface area contributed by atoms with Crippen molar-refractivity contribution in [3.63, 3.8) is 0 Å². The van der Waals surface area contributed by atoms with E-state index < -0.39 is 0 Å². The lowest BCUT2D eigenvalue weighted by molar-refractivity contribution is 0.305. The maximum Gasteiger partial charge on any atom is 0.226 e. The first kappa shape index (κ1) is 14.8. The highest BCUT2D eigenvalue weighted by atomic mass is 79.9. The topological polar surface area (TPSA) is 47.0 Å². The molecule has 0 aliphatic carbocycles. The van der Waals surface area contributed by atoms with Gasteiger partial charge < -0.3 is 10.1 Å². The van der Waals surface area contributed by atoms with Crippen molar-refractivity contribution in [1.82, 2.24) is 9.97 Å². The molecule has 20 heavy (non-hydrogen) atoms. The number of anilines is 1. The molecule has 1 N–H and O–H groups in total. The largest absolute Gasteiger partial charge is 0.478 e. The van der Waals surface area contributed by atoms with Gasteiger partial charge in [0.2, 0.25) is 11.8 Å². The molecule has 5 heteroatoms. The average molecular weight is 336 g/mol. The fraction of sp³-hybridized carbons (Fsp3) is 0.333. The summed E-state index contributed by atoms with van der Waals surface area (Å²) in [7, 11) is 0. The van der Waals surface area contributed by atoms with Crippen LogP contribution in [0.3, 0.4) is 0 Å². The van der Waals surface area contributed by atoms with Crippen LogP contribution in [0.4, 0.5) is 5.95 Å². The molecule has 1 atom stereocenters. The van der Waals surface area contributed by atoms with Gasteiger partial charge in [-0.2, -0.15) is 4.98 Å². The van der Waals surface area contributed by atoms with E-state index in [1.54, 1.807) is 12.3 Å². The summed E-state index contributed by atoms with van der Waals surface area (Å²) in [5, 5.41) is 3.28. The molecule has 2 aromatic rings. The number of hydrogen-bond acceptors (Lipinski definition) is 4. The normalized spacial score (nSPS) is 11.9. The van der Waals surface area contributed by atoms with Crippen molar-refractivity contribution in [3.05, 3.63) is 46.6 Å². The fourth-order valence-electron chi connectivity index (χ4n) is 1.75. The zero-order chi connectivity index (χ0) is 14.4. The highest BCUT2D eigenvalue weighted by molar-refractivity contribution is 9.10. The zero-order valence-electron chi connectivity index (χ0n) is 11.6. The van der Waals surface area contributed by atoms with Gasteiger partial charge in [-0.3, -0.25) is 0 Å². The molecule has 0 bridgehead atoms. The van der Waals surface area contributed by atoms with Gasteiger partial charge in [-0.05, 0) is 31.0 Å². The molecule has 0 aliphatic heterocycles. The van der Waals surface area contributed by atoms with Crippen LogP contribution in [0.5, 0.6) is 5.88 Å². The van der Waals surface area contributed by atoms with Gasteiger partial charge in [-0.15, -0.1) is 0 Å². The van der Waals surface area contributed by atoms with Crippen molar-refractivity contribution in [1.29, 1.82) is 0 Å². The maximum atomic E-state index is 5.50. The van der Waals surface area contributed by atoms with Crippen LogP contribution in [-0.2, 0) is 0 Å². The quantitative estimate of drug-likeness (QED) is 0.859. The predicted molar refractivity (Wildman–Crippen MR) is 84.0 cm³/mol. The van der Waals surface area contributed by atoms with Crippen LogP contribution in [0.15, 0.2) is 41.0 Å². The first-order valence-corrected chi connectivity index (χ1v) is 7.46. The van der Waals surface area contributed by atoms with E-state index in [4.69, 9.17) is 4.74 Å². The first-order valence-electron chi connectivity index (χ1n) is 6.67. The number of ether oxygens (including phenoxy) is 1. The Bertz CT molecular complexity index is 562. The minimum atomic E-state index is 0.119. The number of benzene rings is 1. The number of rotatable bonds is 6. The van der Waals surface area contributed by atoms with Crippen LogP contribution in [0.1, 0.15) is 31.9 Å². The minimum Gasteiger partial charge on any atom is -0.478 e. The zero-order valence-corrected chi connectivity index (χ0v) is 13.2. The summed E-state index contributed by atoms with van der Waals surface area (Å²) in [4.78, 5) is 8.56. The van der Waals surface area contributed by atoms with Crippen LogP contribution in [0.2, 0.25) is 0 Å².